The van der Waals surface area contributed by atoms with Crippen LogP contribution < -0.4 is 5.32 Å². The number of piperazine rings is 1. The quantitative estimate of drug-likeness (QED) is 0.361. The molecule has 3 aromatic rings. The average Bonchev–Trinajstić information content (AvgIpc) is 3.11. The van der Waals surface area contributed by atoms with Crippen LogP contribution >= 0.6 is 0 Å². The molecule has 1 N–H and O–H groups in total. The lowest BCUT2D eigenvalue weighted by molar-refractivity contribution is -0.384. The molecule has 0 atom stereocenters. The molecule has 2 aromatic carbocycles. The minimum absolute atomic E-state index is 0.0524. The minimum atomic E-state index is -0.402. The number of nitro benzene ring substituents is 1. The lowest BCUT2D eigenvalue weighted by atomic mass is 10.1. The van der Waals surface area contributed by atoms with Gasteiger partial charge in [-0.15, -0.1) is 0 Å². The van der Waals surface area contributed by atoms with Gasteiger partial charge in [0.15, 0.2) is 5.78 Å². The van der Waals surface area contributed by atoms with Gasteiger partial charge in [-0.05, 0) is 36.2 Å². The van der Waals surface area contributed by atoms with E-state index in [1.54, 1.807) is 12.1 Å². The molecule has 0 bridgehead atoms. The summed E-state index contributed by atoms with van der Waals surface area (Å²) < 4.78 is 2.13. The summed E-state index contributed by atoms with van der Waals surface area (Å²) in [6.07, 6.45) is 0. The molecular weight excluding hydrogens is 392 g/mol. The van der Waals surface area contributed by atoms with Gasteiger partial charge in [0.1, 0.15) is 0 Å². The second kappa shape index (κ2) is 9.24. The summed E-state index contributed by atoms with van der Waals surface area (Å²) in [7, 11) is 0. The van der Waals surface area contributed by atoms with Gasteiger partial charge in [-0.1, -0.05) is 30.3 Å². The molecule has 0 saturated carbocycles. The van der Waals surface area contributed by atoms with E-state index in [-0.39, 0.29) is 11.5 Å². The summed E-state index contributed by atoms with van der Waals surface area (Å²) in [6.45, 7) is 6.53. The Labute approximate surface area is 181 Å². The predicted molar refractivity (Wildman–Crippen MR) is 120 cm³/mol. The third-order valence-electron chi connectivity index (χ3n) is 5.80. The molecule has 2 heterocycles. The highest BCUT2D eigenvalue weighted by molar-refractivity contribution is 6.00. The molecule has 0 aliphatic carbocycles. The Balaban J connectivity index is 1.70. The van der Waals surface area contributed by atoms with Crippen LogP contribution in [0.25, 0.3) is 11.3 Å². The molecule has 7 nitrogen and oxygen atoms in total. The van der Waals surface area contributed by atoms with Crippen molar-refractivity contribution >= 4 is 11.5 Å². The van der Waals surface area contributed by atoms with Gasteiger partial charge in [0.2, 0.25) is 0 Å². The van der Waals surface area contributed by atoms with Crippen molar-refractivity contribution in [3.8, 4) is 11.3 Å². The van der Waals surface area contributed by atoms with Crippen molar-refractivity contribution in [2.45, 2.75) is 13.5 Å². The number of ketones is 1. The Hall–Kier alpha value is -3.29. The minimum Gasteiger partial charge on any atom is -0.340 e. The van der Waals surface area contributed by atoms with Gasteiger partial charge in [0, 0.05) is 61.8 Å². The number of aromatic nitrogens is 1. The number of rotatable bonds is 7. The SMILES string of the molecule is Cc1c(C(=O)CN2CCNCC2)cc(-c2ccc([N+](=O)[O-])cc2)n1Cc1ccccc1. The number of nitrogens with one attached hydrogen (secondary N) is 1. The predicted octanol–water partition coefficient (Wildman–Crippen LogP) is 3.51. The molecule has 7 heteroatoms. The summed E-state index contributed by atoms with van der Waals surface area (Å²) in [5.74, 6) is 0.106. The Morgan fingerprint density at radius 2 is 1.74 bits per heavy atom. The molecule has 4 rings (SSSR count). The van der Waals surface area contributed by atoms with E-state index in [1.165, 1.54) is 12.1 Å². The molecule has 31 heavy (non-hydrogen) atoms. The van der Waals surface area contributed by atoms with Gasteiger partial charge >= 0.3 is 0 Å². The fourth-order valence-corrected chi connectivity index (χ4v) is 4.05. The zero-order chi connectivity index (χ0) is 21.8. The van der Waals surface area contributed by atoms with E-state index in [1.807, 2.05) is 31.2 Å². The van der Waals surface area contributed by atoms with Crippen molar-refractivity contribution in [3.05, 3.63) is 87.6 Å². The smallest absolute Gasteiger partial charge is 0.269 e. The number of benzene rings is 2. The largest absolute Gasteiger partial charge is 0.340 e. The molecule has 1 aromatic heterocycles. The number of Topliss-reactive ketones (excluding diaryl/α,β-unsaturated/α-hetero) is 1. The number of non-ortho nitro benzene ring substituents is 1. The molecule has 0 spiro atoms. The highest BCUT2D eigenvalue weighted by Crippen LogP contribution is 2.29. The van der Waals surface area contributed by atoms with Crippen LogP contribution in [0.4, 0.5) is 5.69 Å². The van der Waals surface area contributed by atoms with E-state index in [9.17, 15) is 14.9 Å². The zero-order valence-corrected chi connectivity index (χ0v) is 17.6. The van der Waals surface area contributed by atoms with Crippen LogP contribution in [0.1, 0.15) is 21.6 Å². The fourth-order valence-electron chi connectivity index (χ4n) is 4.05. The van der Waals surface area contributed by atoms with Crippen LogP contribution in [0.15, 0.2) is 60.7 Å². The van der Waals surface area contributed by atoms with Crippen molar-refractivity contribution in [2.24, 2.45) is 0 Å². The summed E-state index contributed by atoms with van der Waals surface area (Å²) in [5, 5.41) is 14.3. The lowest BCUT2D eigenvalue weighted by Gasteiger charge is -2.26. The van der Waals surface area contributed by atoms with E-state index >= 15 is 0 Å². The lowest BCUT2D eigenvalue weighted by Crippen LogP contribution is -2.45. The van der Waals surface area contributed by atoms with Gasteiger partial charge < -0.3 is 9.88 Å². The third-order valence-corrected chi connectivity index (χ3v) is 5.80. The first-order valence-electron chi connectivity index (χ1n) is 10.5. The first-order chi connectivity index (χ1) is 15.0. The van der Waals surface area contributed by atoms with Crippen molar-refractivity contribution in [1.82, 2.24) is 14.8 Å². The maximum absolute atomic E-state index is 13.2. The summed E-state index contributed by atoms with van der Waals surface area (Å²) in [6, 6.07) is 18.5. The van der Waals surface area contributed by atoms with E-state index in [0.717, 1.165) is 48.7 Å². The number of carbonyl (C=O) groups excluding carboxylic acids is 1. The van der Waals surface area contributed by atoms with Crippen LogP contribution in [-0.2, 0) is 6.54 Å². The van der Waals surface area contributed by atoms with Crippen molar-refractivity contribution in [1.29, 1.82) is 0 Å². The standard InChI is InChI=1S/C24H26N4O3/c1-18-22(24(29)17-26-13-11-25-12-14-26)15-23(20-7-9-21(10-8-20)28(30)31)27(18)16-19-5-3-2-4-6-19/h2-10,15,25H,11-14,16-17H2,1H3. The van der Waals surface area contributed by atoms with E-state index < -0.39 is 4.92 Å². The van der Waals surface area contributed by atoms with E-state index in [4.69, 9.17) is 0 Å². The Bertz CT molecular complexity index is 1070. The van der Waals surface area contributed by atoms with Crippen molar-refractivity contribution in [3.63, 3.8) is 0 Å². The number of hydrogen-bond acceptors (Lipinski definition) is 5. The molecule has 1 fully saturated rings. The van der Waals surface area contributed by atoms with Gasteiger partial charge in [-0.2, -0.15) is 0 Å². The monoisotopic (exact) mass is 418 g/mol. The van der Waals surface area contributed by atoms with Crippen LogP contribution in [-0.4, -0.2) is 52.9 Å². The molecule has 1 saturated heterocycles. The number of nitrogens with zero attached hydrogens (tertiary/aromatic N) is 3. The van der Waals surface area contributed by atoms with Gasteiger partial charge in [-0.25, -0.2) is 0 Å². The van der Waals surface area contributed by atoms with Gasteiger partial charge in [0.25, 0.3) is 5.69 Å². The maximum Gasteiger partial charge on any atom is 0.269 e. The van der Waals surface area contributed by atoms with Crippen LogP contribution in [0.2, 0.25) is 0 Å². The van der Waals surface area contributed by atoms with E-state index in [2.05, 4.69) is 26.9 Å². The molecular formula is C24H26N4O3. The number of nitro groups is 1. The number of hydrogen-bond donors (Lipinski definition) is 1. The van der Waals surface area contributed by atoms with Crippen LogP contribution in [0, 0.1) is 17.0 Å². The fraction of sp³-hybridized carbons (Fsp3) is 0.292. The Morgan fingerprint density at radius 1 is 1.06 bits per heavy atom. The molecule has 0 unspecified atom stereocenters. The first-order valence-corrected chi connectivity index (χ1v) is 10.5. The highest BCUT2D eigenvalue weighted by atomic mass is 16.6. The average molecular weight is 418 g/mol. The third kappa shape index (κ3) is 4.73. The zero-order valence-electron chi connectivity index (χ0n) is 17.6. The topological polar surface area (TPSA) is 80.4 Å². The maximum atomic E-state index is 13.2. The van der Waals surface area contributed by atoms with Crippen LogP contribution in [0.3, 0.4) is 0 Å². The highest BCUT2D eigenvalue weighted by Gasteiger charge is 2.22. The molecule has 0 amide bonds. The first kappa shape index (κ1) is 21.0. The Morgan fingerprint density at radius 3 is 2.39 bits per heavy atom. The van der Waals surface area contributed by atoms with Crippen molar-refractivity contribution in [2.75, 3.05) is 32.7 Å². The molecule has 0 radical (unpaired) electrons. The normalized spacial score (nSPS) is 14.5. The van der Waals surface area contributed by atoms with Crippen LogP contribution in [0.5, 0.6) is 0 Å². The van der Waals surface area contributed by atoms with Gasteiger partial charge in [-0.3, -0.25) is 19.8 Å². The molecule has 160 valence electrons. The Kier molecular flexibility index (Phi) is 6.25. The summed E-state index contributed by atoms with van der Waals surface area (Å²) in [5.41, 5.74) is 4.55. The second-order valence-corrected chi connectivity index (χ2v) is 7.85. The summed E-state index contributed by atoms with van der Waals surface area (Å²) in [4.78, 5) is 26.0. The van der Waals surface area contributed by atoms with Crippen molar-refractivity contribution < 1.29 is 9.72 Å². The van der Waals surface area contributed by atoms with E-state index in [0.29, 0.717) is 18.7 Å². The van der Waals surface area contributed by atoms with Gasteiger partial charge in [0.05, 0.1) is 11.5 Å². The number of carbonyl (C=O) groups is 1. The summed E-state index contributed by atoms with van der Waals surface area (Å²) >= 11 is 0. The molecule has 1 aliphatic heterocycles. The molecule has 1 aliphatic rings. The second-order valence-electron chi connectivity index (χ2n) is 7.85.